The summed E-state index contributed by atoms with van der Waals surface area (Å²) in [5, 5.41) is 4.07. The van der Waals surface area contributed by atoms with Crippen LogP contribution in [-0.2, 0) is 22.4 Å². The Morgan fingerprint density at radius 2 is 1.97 bits per heavy atom. The number of aromatic nitrogens is 1. The molecule has 184 valence electrons. The zero-order valence-corrected chi connectivity index (χ0v) is 20.8. The van der Waals surface area contributed by atoms with Gasteiger partial charge in [0, 0.05) is 22.8 Å². The molecule has 2 aliphatic rings. The molecule has 1 aliphatic heterocycles. The van der Waals surface area contributed by atoms with E-state index in [0.717, 1.165) is 55.8 Å². The van der Waals surface area contributed by atoms with Crippen LogP contribution < -0.4 is 5.32 Å². The molecule has 1 atom stereocenters. The van der Waals surface area contributed by atoms with Crippen molar-refractivity contribution in [1.29, 1.82) is 0 Å². The Labute approximate surface area is 209 Å². The molecule has 1 aliphatic carbocycles. The number of aryl methyl sites for hydroxylation is 1. The molecule has 0 spiro atoms. The highest BCUT2D eigenvalue weighted by Crippen LogP contribution is 2.46. The minimum atomic E-state index is -0.232. The normalized spacial score (nSPS) is 17.5. The second kappa shape index (κ2) is 10.7. The molecule has 1 fully saturated rings. The number of hydrogen-bond donors (Lipinski definition) is 1. The summed E-state index contributed by atoms with van der Waals surface area (Å²) in [6.07, 6.45) is 11.1. The highest BCUT2D eigenvalue weighted by Gasteiger charge is 2.35. The summed E-state index contributed by atoms with van der Waals surface area (Å²) in [7, 11) is 0. The quantitative estimate of drug-likeness (QED) is 0.454. The van der Waals surface area contributed by atoms with Crippen LogP contribution in [0.3, 0.4) is 0 Å². The molecule has 1 N–H and O–H groups in total. The molecule has 1 amide bonds. The molecular formula is C27H31N3O4S. The first-order chi connectivity index (χ1) is 17.2. The van der Waals surface area contributed by atoms with Crippen molar-refractivity contribution in [3.63, 3.8) is 0 Å². The van der Waals surface area contributed by atoms with Gasteiger partial charge in [-0.3, -0.25) is 19.5 Å². The first-order valence-electron chi connectivity index (χ1n) is 12.5. The van der Waals surface area contributed by atoms with Crippen LogP contribution in [0.25, 0.3) is 0 Å². The number of pyridine rings is 1. The lowest BCUT2D eigenvalue weighted by Gasteiger charge is -2.38. The van der Waals surface area contributed by atoms with Crippen LogP contribution in [0.5, 0.6) is 0 Å². The van der Waals surface area contributed by atoms with Gasteiger partial charge >= 0.3 is 5.97 Å². The van der Waals surface area contributed by atoms with Crippen molar-refractivity contribution >= 4 is 28.2 Å². The van der Waals surface area contributed by atoms with Gasteiger partial charge in [-0.25, -0.2) is 0 Å². The van der Waals surface area contributed by atoms with Crippen molar-refractivity contribution in [3.8, 4) is 0 Å². The van der Waals surface area contributed by atoms with E-state index in [9.17, 15) is 9.59 Å². The lowest BCUT2D eigenvalue weighted by atomic mass is 9.87. The number of ether oxygens (including phenoxy) is 1. The number of hydrogen-bond acceptors (Lipinski definition) is 7. The van der Waals surface area contributed by atoms with Crippen LogP contribution in [0.2, 0.25) is 0 Å². The number of nitrogens with zero attached hydrogens (tertiary/aromatic N) is 2. The van der Waals surface area contributed by atoms with Gasteiger partial charge in [0.05, 0.1) is 24.8 Å². The second-order valence-corrected chi connectivity index (χ2v) is 10.2. The van der Waals surface area contributed by atoms with Crippen molar-refractivity contribution < 1.29 is 18.7 Å². The number of furan rings is 1. The Balaban J connectivity index is 1.51. The van der Waals surface area contributed by atoms with Crippen LogP contribution in [0, 0.1) is 5.92 Å². The molecule has 4 heterocycles. The van der Waals surface area contributed by atoms with Crippen LogP contribution >= 0.6 is 11.3 Å². The van der Waals surface area contributed by atoms with E-state index in [4.69, 9.17) is 9.15 Å². The Morgan fingerprint density at radius 1 is 1.20 bits per heavy atom. The predicted molar refractivity (Wildman–Crippen MR) is 135 cm³/mol. The molecule has 8 heteroatoms. The maximum atomic E-state index is 13.0. The number of carbonyl (C=O) groups excluding carboxylic acids is 2. The van der Waals surface area contributed by atoms with Crippen LogP contribution in [-0.4, -0.2) is 41.5 Å². The SMILES string of the molecule is CCOC(=O)C1CCN([C@H](c2ccncc2)c2c(NC(=O)c3ccco3)sc3c2CCCC3)CC1. The van der Waals surface area contributed by atoms with Gasteiger partial charge in [-0.2, -0.15) is 0 Å². The fraction of sp³-hybridized carbons (Fsp3) is 0.444. The van der Waals surface area contributed by atoms with E-state index >= 15 is 0 Å². The summed E-state index contributed by atoms with van der Waals surface area (Å²) >= 11 is 1.70. The van der Waals surface area contributed by atoms with Gasteiger partial charge in [-0.1, -0.05) is 0 Å². The number of anilines is 1. The van der Waals surface area contributed by atoms with E-state index in [1.165, 1.54) is 28.7 Å². The molecule has 35 heavy (non-hydrogen) atoms. The van der Waals surface area contributed by atoms with Gasteiger partial charge < -0.3 is 14.5 Å². The van der Waals surface area contributed by atoms with Crippen LogP contribution in [0.1, 0.15) is 70.8 Å². The number of fused-ring (bicyclic) bond motifs is 1. The van der Waals surface area contributed by atoms with Gasteiger partial charge in [0.25, 0.3) is 5.91 Å². The van der Waals surface area contributed by atoms with Crippen molar-refractivity contribution in [2.24, 2.45) is 5.92 Å². The molecule has 1 saturated heterocycles. The summed E-state index contributed by atoms with van der Waals surface area (Å²) in [5.41, 5.74) is 3.70. The highest BCUT2D eigenvalue weighted by molar-refractivity contribution is 7.16. The maximum Gasteiger partial charge on any atom is 0.309 e. The molecule has 5 rings (SSSR count). The standard InChI is InChI=1S/C27H31N3O4S/c1-2-33-27(32)19-11-15-30(16-12-19)24(18-9-13-28-14-10-18)23-20-6-3-4-8-22(20)35-26(23)29-25(31)21-7-5-17-34-21/h5,7,9-10,13-14,17,19,24H,2-4,6,8,11-12,15-16H2,1H3,(H,29,31)/t24-/m1/s1. The summed E-state index contributed by atoms with van der Waals surface area (Å²) in [6, 6.07) is 7.51. The van der Waals surface area contributed by atoms with Crippen molar-refractivity contribution in [2.45, 2.75) is 51.5 Å². The number of nitrogens with one attached hydrogen (secondary N) is 1. The number of thiophene rings is 1. The fourth-order valence-electron chi connectivity index (χ4n) is 5.30. The number of rotatable bonds is 7. The molecule has 0 saturated carbocycles. The Kier molecular flexibility index (Phi) is 7.29. The van der Waals surface area contributed by atoms with Gasteiger partial charge in [-0.05, 0) is 93.9 Å². The molecule has 3 aromatic rings. The lowest BCUT2D eigenvalue weighted by molar-refractivity contribution is -0.149. The predicted octanol–water partition coefficient (Wildman–Crippen LogP) is 5.23. The number of amides is 1. The zero-order valence-electron chi connectivity index (χ0n) is 20.0. The van der Waals surface area contributed by atoms with Crippen LogP contribution in [0.15, 0.2) is 47.3 Å². The van der Waals surface area contributed by atoms with E-state index in [1.807, 2.05) is 19.3 Å². The largest absolute Gasteiger partial charge is 0.466 e. The molecular weight excluding hydrogens is 462 g/mol. The molecule has 0 aromatic carbocycles. The fourth-order valence-corrected chi connectivity index (χ4v) is 6.62. The Hall–Kier alpha value is -2.97. The average molecular weight is 494 g/mol. The topological polar surface area (TPSA) is 84.7 Å². The second-order valence-electron chi connectivity index (χ2n) is 9.13. The van der Waals surface area contributed by atoms with E-state index < -0.39 is 0 Å². The van der Waals surface area contributed by atoms with Gasteiger partial charge in [0.1, 0.15) is 5.00 Å². The van der Waals surface area contributed by atoms with E-state index in [1.54, 1.807) is 23.5 Å². The lowest BCUT2D eigenvalue weighted by Crippen LogP contribution is -2.40. The number of carbonyl (C=O) groups is 2. The average Bonchev–Trinajstić information content (AvgIpc) is 3.55. The molecule has 7 nitrogen and oxygen atoms in total. The van der Waals surface area contributed by atoms with Gasteiger partial charge in [0.2, 0.25) is 0 Å². The van der Waals surface area contributed by atoms with Crippen LogP contribution in [0.4, 0.5) is 5.00 Å². The third-order valence-electron chi connectivity index (χ3n) is 6.99. The summed E-state index contributed by atoms with van der Waals surface area (Å²) in [4.78, 5) is 33.4. The minimum Gasteiger partial charge on any atom is -0.466 e. The molecule has 0 bridgehead atoms. The van der Waals surface area contributed by atoms with Crippen molar-refractivity contribution in [2.75, 3.05) is 25.0 Å². The van der Waals surface area contributed by atoms with Gasteiger partial charge in [0.15, 0.2) is 5.76 Å². The number of piperidine rings is 1. The summed E-state index contributed by atoms with van der Waals surface area (Å²) in [5.74, 6) is -0.0758. The monoisotopic (exact) mass is 493 g/mol. The zero-order chi connectivity index (χ0) is 24.2. The van der Waals surface area contributed by atoms with E-state index in [2.05, 4.69) is 27.3 Å². The number of likely N-dealkylation sites (tertiary alicyclic amines) is 1. The Morgan fingerprint density at radius 3 is 2.69 bits per heavy atom. The van der Waals surface area contributed by atoms with Crippen molar-refractivity contribution in [1.82, 2.24) is 9.88 Å². The molecule has 3 aromatic heterocycles. The number of esters is 1. The molecule has 0 unspecified atom stereocenters. The first kappa shape index (κ1) is 23.8. The third-order valence-corrected chi connectivity index (χ3v) is 8.22. The maximum absolute atomic E-state index is 13.0. The van der Waals surface area contributed by atoms with E-state index in [0.29, 0.717) is 12.4 Å². The third kappa shape index (κ3) is 5.04. The van der Waals surface area contributed by atoms with Gasteiger partial charge in [-0.15, -0.1) is 11.3 Å². The minimum absolute atomic E-state index is 0.0221. The summed E-state index contributed by atoms with van der Waals surface area (Å²) < 4.78 is 10.6. The van der Waals surface area contributed by atoms with Crippen molar-refractivity contribution in [3.05, 3.63) is 70.3 Å². The highest BCUT2D eigenvalue weighted by atomic mass is 32.1. The summed E-state index contributed by atoms with van der Waals surface area (Å²) in [6.45, 7) is 3.84. The van der Waals surface area contributed by atoms with E-state index in [-0.39, 0.29) is 23.8 Å². The molecule has 0 radical (unpaired) electrons. The Bertz CT molecular complexity index is 1150. The first-order valence-corrected chi connectivity index (χ1v) is 13.3. The smallest absolute Gasteiger partial charge is 0.309 e.